The Morgan fingerprint density at radius 3 is 1.83 bits per heavy atom. The molecule has 0 N–H and O–H groups in total. The molecule has 1 heterocycles. The van der Waals surface area contributed by atoms with E-state index in [0.29, 0.717) is 5.41 Å². The smallest absolute Gasteiger partial charge is 0.00303 e. The summed E-state index contributed by atoms with van der Waals surface area (Å²) in [4.78, 5) is 2.61. The fraction of sp³-hybridized carbons (Fsp3) is 1.00. The number of likely N-dealkylation sites (tertiary alicyclic amines) is 1. The molecule has 0 spiro atoms. The SMILES string of the molecule is CC1CN(CC(C)(C)C)CC1C. The normalized spacial score (nSPS) is 32.8. The summed E-state index contributed by atoms with van der Waals surface area (Å²) in [6.07, 6.45) is 0. The van der Waals surface area contributed by atoms with Gasteiger partial charge in [-0.2, -0.15) is 0 Å². The lowest BCUT2D eigenvalue weighted by Crippen LogP contribution is -2.30. The molecule has 2 atom stereocenters. The molecule has 2 unspecified atom stereocenters. The summed E-state index contributed by atoms with van der Waals surface area (Å²) in [5.74, 6) is 1.79. The third kappa shape index (κ3) is 2.78. The minimum absolute atomic E-state index is 0.462. The van der Waals surface area contributed by atoms with E-state index in [1.165, 1.54) is 19.6 Å². The zero-order chi connectivity index (χ0) is 9.35. The van der Waals surface area contributed by atoms with Crippen molar-refractivity contribution in [2.45, 2.75) is 34.6 Å². The Balaban J connectivity index is 2.38. The van der Waals surface area contributed by atoms with E-state index >= 15 is 0 Å². The Bertz CT molecular complexity index is 136. The van der Waals surface area contributed by atoms with Crippen LogP contribution in [0.15, 0.2) is 0 Å². The van der Waals surface area contributed by atoms with Gasteiger partial charge in [0.05, 0.1) is 0 Å². The van der Waals surface area contributed by atoms with Crippen LogP contribution >= 0.6 is 0 Å². The molecule has 1 rings (SSSR count). The minimum atomic E-state index is 0.462. The topological polar surface area (TPSA) is 3.24 Å². The van der Waals surface area contributed by atoms with Gasteiger partial charge in [0, 0.05) is 19.6 Å². The maximum atomic E-state index is 2.61. The summed E-state index contributed by atoms with van der Waals surface area (Å²) in [5.41, 5.74) is 0.462. The summed E-state index contributed by atoms with van der Waals surface area (Å²) in [6, 6.07) is 0. The van der Waals surface area contributed by atoms with E-state index in [1.54, 1.807) is 0 Å². The average Bonchev–Trinajstić information content (AvgIpc) is 2.07. The van der Waals surface area contributed by atoms with E-state index in [2.05, 4.69) is 39.5 Å². The minimum Gasteiger partial charge on any atom is -0.302 e. The second-order valence-corrected chi connectivity index (χ2v) is 5.71. The quantitative estimate of drug-likeness (QED) is 0.583. The van der Waals surface area contributed by atoms with Crippen molar-refractivity contribution in [1.82, 2.24) is 4.90 Å². The largest absolute Gasteiger partial charge is 0.302 e. The summed E-state index contributed by atoms with van der Waals surface area (Å²) >= 11 is 0. The van der Waals surface area contributed by atoms with Crippen molar-refractivity contribution < 1.29 is 0 Å². The van der Waals surface area contributed by atoms with Crippen LogP contribution in [-0.2, 0) is 0 Å². The lowest BCUT2D eigenvalue weighted by atomic mass is 9.96. The van der Waals surface area contributed by atoms with Gasteiger partial charge in [0.2, 0.25) is 0 Å². The molecule has 1 heteroatoms. The van der Waals surface area contributed by atoms with Crippen molar-refractivity contribution in [1.29, 1.82) is 0 Å². The molecule has 1 nitrogen and oxygen atoms in total. The predicted molar refractivity (Wildman–Crippen MR) is 54.2 cm³/mol. The highest BCUT2D eigenvalue weighted by Crippen LogP contribution is 2.25. The van der Waals surface area contributed by atoms with Crippen LogP contribution < -0.4 is 0 Å². The second kappa shape index (κ2) is 3.37. The van der Waals surface area contributed by atoms with Gasteiger partial charge in [-0.05, 0) is 17.3 Å². The highest BCUT2D eigenvalue weighted by atomic mass is 15.2. The molecule has 0 aliphatic carbocycles. The van der Waals surface area contributed by atoms with Crippen molar-refractivity contribution >= 4 is 0 Å². The van der Waals surface area contributed by atoms with Crippen LogP contribution in [0.4, 0.5) is 0 Å². The summed E-state index contributed by atoms with van der Waals surface area (Å²) in [6.45, 7) is 15.6. The molecule has 0 aromatic rings. The lowest BCUT2D eigenvalue weighted by Gasteiger charge is -2.26. The van der Waals surface area contributed by atoms with Crippen LogP contribution in [0.2, 0.25) is 0 Å². The van der Waals surface area contributed by atoms with Gasteiger partial charge in [0.25, 0.3) is 0 Å². The molecule has 1 aliphatic rings. The highest BCUT2D eigenvalue weighted by molar-refractivity contribution is 4.81. The molecule has 72 valence electrons. The summed E-state index contributed by atoms with van der Waals surface area (Å²) < 4.78 is 0. The Morgan fingerprint density at radius 1 is 1.08 bits per heavy atom. The van der Waals surface area contributed by atoms with Crippen LogP contribution in [0, 0.1) is 17.3 Å². The number of hydrogen-bond donors (Lipinski definition) is 0. The van der Waals surface area contributed by atoms with Crippen molar-refractivity contribution in [2.24, 2.45) is 17.3 Å². The van der Waals surface area contributed by atoms with Gasteiger partial charge in [-0.25, -0.2) is 0 Å². The molecule has 0 aromatic heterocycles. The lowest BCUT2D eigenvalue weighted by molar-refractivity contribution is 0.219. The van der Waals surface area contributed by atoms with Gasteiger partial charge in [0.15, 0.2) is 0 Å². The van der Waals surface area contributed by atoms with E-state index < -0.39 is 0 Å². The van der Waals surface area contributed by atoms with Crippen molar-refractivity contribution in [3.8, 4) is 0 Å². The molecule has 1 saturated heterocycles. The Morgan fingerprint density at radius 2 is 1.50 bits per heavy atom. The molecule has 0 bridgehead atoms. The highest BCUT2D eigenvalue weighted by Gasteiger charge is 2.28. The number of rotatable bonds is 1. The van der Waals surface area contributed by atoms with Gasteiger partial charge in [-0.15, -0.1) is 0 Å². The molecule has 0 radical (unpaired) electrons. The zero-order valence-electron chi connectivity index (χ0n) is 9.22. The van der Waals surface area contributed by atoms with Gasteiger partial charge in [-0.3, -0.25) is 0 Å². The van der Waals surface area contributed by atoms with E-state index in [0.717, 1.165) is 11.8 Å². The Hall–Kier alpha value is -0.0400. The Kier molecular flexibility index (Phi) is 2.82. The maximum Gasteiger partial charge on any atom is 0.00303 e. The van der Waals surface area contributed by atoms with Crippen molar-refractivity contribution in [3.63, 3.8) is 0 Å². The first-order valence-corrected chi connectivity index (χ1v) is 5.11. The van der Waals surface area contributed by atoms with E-state index in [4.69, 9.17) is 0 Å². The van der Waals surface area contributed by atoms with Gasteiger partial charge in [0.1, 0.15) is 0 Å². The fourth-order valence-electron chi connectivity index (χ4n) is 2.05. The maximum absolute atomic E-state index is 2.61. The number of nitrogens with zero attached hydrogens (tertiary/aromatic N) is 1. The zero-order valence-corrected chi connectivity index (χ0v) is 9.22. The monoisotopic (exact) mass is 169 g/mol. The molecule has 1 aliphatic heterocycles. The molecule has 0 aromatic carbocycles. The van der Waals surface area contributed by atoms with E-state index in [1.807, 2.05) is 0 Å². The predicted octanol–water partition coefficient (Wildman–Crippen LogP) is 2.62. The van der Waals surface area contributed by atoms with Gasteiger partial charge < -0.3 is 4.90 Å². The number of hydrogen-bond acceptors (Lipinski definition) is 1. The van der Waals surface area contributed by atoms with Gasteiger partial charge >= 0.3 is 0 Å². The molecule has 0 saturated carbocycles. The van der Waals surface area contributed by atoms with Crippen LogP contribution in [0.25, 0.3) is 0 Å². The fourth-order valence-corrected chi connectivity index (χ4v) is 2.05. The molecule has 1 fully saturated rings. The van der Waals surface area contributed by atoms with E-state index in [-0.39, 0.29) is 0 Å². The van der Waals surface area contributed by atoms with E-state index in [9.17, 15) is 0 Å². The van der Waals surface area contributed by atoms with Crippen LogP contribution in [0.1, 0.15) is 34.6 Å². The van der Waals surface area contributed by atoms with Crippen molar-refractivity contribution in [2.75, 3.05) is 19.6 Å². The summed E-state index contributed by atoms with van der Waals surface area (Å²) in [7, 11) is 0. The summed E-state index contributed by atoms with van der Waals surface area (Å²) in [5, 5.41) is 0. The molecular formula is C11H23N. The molecule has 12 heavy (non-hydrogen) atoms. The average molecular weight is 169 g/mol. The molecule has 0 amide bonds. The Labute approximate surface area is 77.1 Å². The van der Waals surface area contributed by atoms with Crippen LogP contribution in [0.3, 0.4) is 0 Å². The third-order valence-corrected chi connectivity index (χ3v) is 2.76. The van der Waals surface area contributed by atoms with Crippen LogP contribution in [0.5, 0.6) is 0 Å². The standard InChI is InChI=1S/C11H23N/c1-9-6-12(7-10(9)2)8-11(3,4)5/h9-10H,6-8H2,1-5H3. The first-order chi connectivity index (χ1) is 5.38. The third-order valence-electron chi connectivity index (χ3n) is 2.76. The molecular weight excluding hydrogens is 146 g/mol. The first-order valence-electron chi connectivity index (χ1n) is 5.11. The van der Waals surface area contributed by atoms with Gasteiger partial charge in [-0.1, -0.05) is 34.6 Å². The second-order valence-electron chi connectivity index (χ2n) is 5.71. The first kappa shape index (κ1) is 10.0. The van der Waals surface area contributed by atoms with Crippen LogP contribution in [-0.4, -0.2) is 24.5 Å². The van der Waals surface area contributed by atoms with Crippen molar-refractivity contribution in [3.05, 3.63) is 0 Å².